The van der Waals surface area contributed by atoms with E-state index >= 15 is 0 Å². The van der Waals surface area contributed by atoms with Crippen molar-refractivity contribution in [1.29, 1.82) is 0 Å². The van der Waals surface area contributed by atoms with Crippen LogP contribution in [0.3, 0.4) is 0 Å². The highest BCUT2D eigenvalue weighted by atomic mass is 16.7. The fraction of sp³-hybridized carbons (Fsp3) is 0.444. The van der Waals surface area contributed by atoms with E-state index in [0.29, 0.717) is 25.0 Å². The van der Waals surface area contributed by atoms with E-state index in [-0.39, 0.29) is 29.7 Å². The number of carbonyl (C=O) groups is 2. The minimum Gasteiger partial charge on any atom is -0.493 e. The van der Waals surface area contributed by atoms with Gasteiger partial charge in [-0.15, -0.1) is 0 Å². The highest BCUT2D eigenvalue weighted by Gasteiger charge is 2.42. The van der Waals surface area contributed by atoms with Gasteiger partial charge in [0.2, 0.25) is 11.5 Å². The first-order valence-electron chi connectivity index (χ1n) is 7.96. The van der Waals surface area contributed by atoms with Crippen LogP contribution in [0.1, 0.15) is 24.8 Å². The van der Waals surface area contributed by atoms with Gasteiger partial charge in [0.25, 0.3) is 0 Å². The van der Waals surface area contributed by atoms with E-state index in [4.69, 9.17) is 14.2 Å². The second-order valence-electron chi connectivity index (χ2n) is 6.05. The van der Waals surface area contributed by atoms with Gasteiger partial charge in [-0.2, -0.15) is 0 Å². The zero-order valence-corrected chi connectivity index (χ0v) is 13.7. The second-order valence-corrected chi connectivity index (χ2v) is 6.05. The summed E-state index contributed by atoms with van der Waals surface area (Å²) in [5.41, 5.74) is 1.05. The first-order valence-corrected chi connectivity index (χ1v) is 7.96. The number of hydrogen-bond donors (Lipinski definition) is 0. The van der Waals surface area contributed by atoms with E-state index in [0.717, 1.165) is 5.56 Å². The number of allylic oxidation sites excluding steroid dienone is 1. The Hall–Kier alpha value is -2.50. The third-order valence-electron chi connectivity index (χ3n) is 4.32. The van der Waals surface area contributed by atoms with Crippen LogP contribution in [0.25, 0.3) is 0 Å². The standard InChI is InChI=1S/C18H20O6/c1-11-4-3-5-12(8-11)23-16-10-22-15-9-13(24-18(20)21-2)6-7-14(15)17(16)19/h3-5,8,10,13-15H,6-7,9H2,1-2H3. The summed E-state index contributed by atoms with van der Waals surface area (Å²) >= 11 is 0. The minimum absolute atomic E-state index is 0.0655. The number of ether oxygens (including phenoxy) is 4. The summed E-state index contributed by atoms with van der Waals surface area (Å²) in [6.07, 6.45) is 1.72. The van der Waals surface area contributed by atoms with E-state index < -0.39 is 6.16 Å². The Balaban J connectivity index is 1.66. The summed E-state index contributed by atoms with van der Waals surface area (Å²) in [6.45, 7) is 1.96. The molecule has 1 fully saturated rings. The summed E-state index contributed by atoms with van der Waals surface area (Å²) in [6, 6.07) is 7.49. The van der Waals surface area contributed by atoms with Crippen LogP contribution in [0, 0.1) is 12.8 Å². The predicted molar refractivity (Wildman–Crippen MR) is 84.4 cm³/mol. The highest BCUT2D eigenvalue weighted by molar-refractivity contribution is 5.96. The Labute approximate surface area is 140 Å². The van der Waals surface area contributed by atoms with Crippen LogP contribution in [-0.2, 0) is 19.0 Å². The van der Waals surface area contributed by atoms with Crippen LogP contribution >= 0.6 is 0 Å². The number of hydrogen-bond acceptors (Lipinski definition) is 6. The van der Waals surface area contributed by atoms with Crippen LogP contribution < -0.4 is 4.74 Å². The van der Waals surface area contributed by atoms with Crippen molar-refractivity contribution in [2.75, 3.05) is 7.11 Å². The number of methoxy groups -OCH3 is 1. The van der Waals surface area contributed by atoms with Crippen molar-refractivity contribution >= 4 is 11.9 Å². The molecule has 2 aliphatic rings. The molecule has 24 heavy (non-hydrogen) atoms. The Morgan fingerprint density at radius 1 is 1.29 bits per heavy atom. The molecule has 1 saturated carbocycles. The van der Waals surface area contributed by atoms with E-state index in [9.17, 15) is 9.59 Å². The summed E-state index contributed by atoms with van der Waals surface area (Å²) < 4.78 is 21.0. The first kappa shape index (κ1) is 16.4. The summed E-state index contributed by atoms with van der Waals surface area (Å²) in [4.78, 5) is 23.8. The zero-order valence-electron chi connectivity index (χ0n) is 13.7. The molecular formula is C18H20O6. The summed E-state index contributed by atoms with van der Waals surface area (Å²) in [5, 5.41) is 0. The topological polar surface area (TPSA) is 71.1 Å². The van der Waals surface area contributed by atoms with Gasteiger partial charge in [0.05, 0.1) is 13.0 Å². The van der Waals surface area contributed by atoms with Gasteiger partial charge in [-0.3, -0.25) is 4.79 Å². The first-order chi connectivity index (χ1) is 11.6. The molecule has 1 aliphatic carbocycles. The molecule has 6 nitrogen and oxygen atoms in total. The monoisotopic (exact) mass is 332 g/mol. The zero-order chi connectivity index (χ0) is 17.1. The number of aryl methyl sites for hydroxylation is 1. The number of rotatable bonds is 3. The fourth-order valence-corrected chi connectivity index (χ4v) is 3.10. The quantitative estimate of drug-likeness (QED) is 0.792. The maximum Gasteiger partial charge on any atom is 0.508 e. The third kappa shape index (κ3) is 3.53. The minimum atomic E-state index is -0.709. The Bertz CT molecular complexity index is 665. The maximum absolute atomic E-state index is 12.6. The van der Waals surface area contributed by atoms with Crippen LogP contribution in [0.5, 0.6) is 5.75 Å². The van der Waals surface area contributed by atoms with Gasteiger partial charge in [-0.25, -0.2) is 4.79 Å². The van der Waals surface area contributed by atoms with Gasteiger partial charge in [0.1, 0.15) is 24.2 Å². The van der Waals surface area contributed by atoms with E-state index in [1.54, 1.807) is 6.07 Å². The molecule has 0 aromatic heterocycles. The number of Topliss-reactive ketones (excluding diaryl/α,β-unsaturated/α-hetero) is 1. The Kier molecular flexibility index (Phi) is 4.74. The smallest absolute Gasteiger partial charge is 0.493 e. The van der Waals surface area contributed by atoms with Gasteiger partial charge < -0.3 is 18.9 Å². The van der Waals surface area contributed by atoms with Gasteiger partial charge in [-0.1, -0.05) is 12.1 Å². The van der Waals surface area contributed by atoms with Crippen LogP contribution in [0.15, 0.2) is 36.3 Å². The average molecular weight is 332 g/mol. The number of ketones is 1. The van der Waals surface area contributed by atoms with Gasteiger partial charge in [0.15, 0.2) is 0 Å². The molecule has 3 unspecified atom stereocenters. The second kappa shape index (κ2) is 6.95. The van der Waals surface area contributed by atoms with E-state index in [1.807, 2.05) is 25.1 Å². The van der Waals surface area contributed by atoms with Crippen LogP contribution in [0.2, 0.25) is 0 Å². The Morgan fingerprint density at radius 3 is 2.88 bits per heavy atom. The molecule has 128 valence electrons. The van der Waals surface area contributed by atoms with Crippen LogP contribution in [-0.4, -0.2) is 31.3 Å². The molecule has 0 spiro atoms. The van der Waals surface area contributed by atoms with Crippen molar-refractivity contribution in [3.63, 3.8) is 0 Å². The molecule has 1 heterocycles. The lowest BCUT2D eigenvalue weighted by Gasteiger charge is -2.36. The molecular weight excluding hydrogens is 312 g/mol. The molecule has 0 amide bonds. The third-order valence-corrected chi connectivity index (χ3v) is 4.32. The molecule has 1 aromatic carbocycles. The van der Waals surface area contributed by atoms with Gasteiger partial charge in [0, 0.05) is 6.42 Å². The lowest BCUT2D eigenvalue weighted by Crippen LogP contribution is -2.43. The van der Waals surface area contributed by atoms with Crippen molar-refractivity contribution < 1.29 is 28.5 Å². The predicted octanol–water partition coefficient (Wildman–Crippen LogP) is 3.13. The average Bonchev–Trinajstić information content (AvgIpc) is 2.57. The van der Waals surface area contributed by atoms with Crippen molar-refractivity contribution in [3.05, 3.63) is 41.9 Å². The highest BCUT2D eigenvalue weighted by Crippen LogP contribution is 2.35. The Morgan fingerprint density at radius 2 is 2.12 bits per heavy atom. The molecule has 3 atom stereocenters. The van der Waals surface area contributed by atoms with Crippen molar-refractivity contribution in [1.82, 2.24) is 0 Å². The van der Waals surface area contributed by atoms with E-state index in [1.165, 1.54) is 13.4 Å². The summed E-state index contributed by atoms with van der Waals surface area (Å²) in [5.74, 6) is 0.491. The van der Waals surface area contributed by atoms with Crippen molar-refractivity contribution in [2.45, 2.75) is 38.4 Å². The van der Waals surface area contributed by atoms with E-state index in [2.05, 4.69) is 4.74 Å². The van der Waals surface area contributed by atoms with Gasteiger partial charge >= 0.3 is 6.16 Å². The fourth-order valence-electron chi connectivity index (χ4n) is 3.10. The van der Waals surface area contributed by atoms with Crippen molar-refractivity contribution in [3.8, 4) is 5.75 Å². The van der Waals surface area contributed by atoms with Crippen LogP contribution in [0.4, 0.5) is 4.79 Å². The molecule has 6 heteroatoms. The SMILES string of the molecule is COC(=O)OC1CCC2C(=O)C(Oc3cccc(C)c3)=COC2C1. The number of benzene rings is 1. The molecule has 1 aliphatic heterocycles. The molecule has 3 rings (SSSR count). The normalized spacial score (nSPS) is 25.8. The number of carbonyl (C=O) groups excluding carboxylic acids is 2. The van der Waals surface area contributed by atoms with Gasteiger partial charge in [-0.05, 0) is 37.5 Å². The maximum atomic E-state index is 12.6. The summed E-state index contributed by atoms with van der Waals surface area (Å²) in [7, 11) is 1.27. The molecule has 0 saturated heterocycles. The lowest BCUT2D eigenvalue weighted by atomic mass is 9.80. The number of fused-ring (bicyclic) bond motifs is 1. The molecule has 0 radical (unpaired) electrons. The lowest BCUT2D eigenvalue weighted by molar-refractivity contribution is -0.132. The molecule has 0 bridgehead atoms. The largest absolute Gasteiger partial charge is 0.508 e. The van der Waals surface area contributed by atoms with Crippen molar-refractivity contribution in [2.24, 2.45) is 5.92 Å². The molecule has 1 aromatic rings. The molecule has 0 N–H and O–H groups in total.